The number of nitrogens with one attached hydrogen (secondary N) is 1. The van der Waals surface area contributed by atoms with Gasteiger partial charge in [0.2, 0.25) is 0 Å². The first kappa shape index (κ1) is 21.1. The fourth-order valence-corrected chi connectivity index (χ4v) is 4.60. The molecule has 0 saturated carbocycles. The fourth-order valence-electron chi connectivity index (χ4n) is 3.55. The number of nitrogens with zero attached hydrogens (tertiary/aromatic N) is 3. The Morgan fingerprint density at radius 2 is 1.74 bits per heavy atom. The zero-order chi connectivity index (χ0) is 22.2. The molecule has 1 N–H and O–H groups in total. The van der Waals surface area contributed by atoms with E-state index in [1.807, 2.05) is 49.4 Å². The Labute approximate surface area is 183 Å². The molecule has 0 spiro atoms. The third-order valence-electron chi connectivity index (χ3n) is 5.23. The third-order valence-corrected chi connectivity index (χ3v) is 6.60. The predicted molar refractivity (Wildman–Crippen MR) is 124 cm³/mol. The van der Waals surface area contributed by atoms with E-state index in [4.69, 9.17) is 0 Å². The van der Waals surface area contributed by atoms with Crippen LogP contribution in [0.25, 0.3) is 10.9 Å². The van der Waals surface area contributed by atoms with E-state index in [1.54, 1.807) is 29.1 Å². The standard InChI is InChI=1S/C24H26N4O2S/c1-17-15-23(27-31(29,30)20-12-10-19(11-13-20)24(2,3)4)28(26-17)16-18-7-5-9-22-21(18)8-6-14-25-22/h5-15,27H,16H2,1-4H3. The van der Waals surface area contributed by atoms with Crippen molar-refractivity contribution < 1.29 is 8.42 Å². The number of aromatic nitrogens is 3. The van der Waals surface area contributed by atoms with Crippen LogP contribution in [0.1, 0.15) is 37.6 Å². The Hall–Kier alpha value is -3.19. The number of anilines is 1. The Bertz CT molecular complexity index is 1330. The number of aryl methyl sites for hydroxylation is 1. The summed E-state index contributed by atoms with van der Waals surface area (Å²) < 4.78 is 30.4. The van der Waals surface area contributed by atoms with Gasteiger partial charge in [-0.1, -0.05) is 51.1 Å². The summed E-state index contributed by atoms with van der Waals surface area (Å²) in [6.07, 6.45) is 1.76. The molecule has 0 radical (unpaired) electrons. The van der Waals surface area contributed by atoms with Gasteiger partial charge >= 0.3 is 0 Å². The van der Waals surface area contributed by atoms with Crippen LogP contribution in [0.3, 0.4) is 0 Å². The second kappa shape index (κ2) is 7.81. The van der Waals surface area contributed by atoms with E-state index in [-0.39, 0.29) is 10.3 Å². The molecule has 6 nitrogen and oxygen atoms in total. The van der Waals surface area contributed by atoms with Gasteiger partial charge in [-0.25, -0.2) is 13.1 Å². The van der Waals surface area contributed by atoms with Gasteiger partial charge in [0, 0.05) is 17.6 Å². The topological polar surface area (TPSA) is 76.9 Å². The average Bonchev–Trinajstić information content (AvgIpc) is 3.05. The molecule has 2 aromatic carbocycles. The second-order valence-corrected chi connectivity index (χ2v) is 10.4. The predicted octanol–water partition coefficient (Wildman–Crippen LogP) is 4.89. The minimum Gasteiger partial charge on any atom is -0.264 e. The summed E-state index contributed by atoms with van der Waals surface area (Å²) in [6, 6.07) is 18.6. The Morgan fingerprint density at radius 1 is 1.00 bits per heavy atom. The highest BCUT2D eigenvalue weighted by Crippen LogP contribution is 2.25. The van der Waals surface area contributed by atoms with Crippen LogP contribution in [0.5, 0.6) is 0 Å². The first-order chi connectivity index (χ1) is 14.6. The zero-order valence-corrected chi connectivity index (χ0v) is 18.9. The monoisotopic (exact) mass is 434 g/mol. The molecule has 0 fully saturated rings. The second-order valence-electron chi connectivity index (χ2n) is 8.70. The molecule has 0 aliphatic rings. The highest BCUT2D eigenvalue weighted by Gasteiger charge is 2.20. The first-order valence-corrected chi connectivity index (χ1v) is 11.6. The highest BCUT2D eigenvalue weighted by atomic mass is 32.2. The van der Waals surface area contributed by atoms with Crippen molar-refractivity contribution >= 4 is 26.7 Å². The van der Waals surface area contributed by atoms with Gasteiger partial charge < -0.3 is 0 Å². The largest absolute Gasteiger partial charge is 0.264 e. The molecule has 0 saturated heterocycles. The molecule has 160 valence electrons. The minimum absolute atomic E-state index is 0.0429. The molecule has 0 amide bonds. The van der Waals surface area contributed by atoms with E-state index in [0.29, 0.717) is 12.4 Å². The molecule has 0 atom stereocenters. The quantitative estimate of drug-likeness (QED) is 0.485. The lowest BCUT2D eigenvalue weighted by Crippen LogP contribution is -2.17. The van der Waals surface area contributed by atoms with Crippen LogP contribution in [0.4, 0.5) is 5.82 Å². The summed E-state index contributed by atoms with van der Waals surface area (Å²) in [5.74, 6) is 0.429. The number of pyridine rings is 1. The van der Waals surface area contributed by atoms with Crippen LogP contribution in [0.2, 0.25) is 0 Å². The van der Waals surface area contributed by atoms with Crippen LogP contribution in [-0.2, 0) is 22.0 Å². The fraction of sp³-hybridized carbons (Fsp3) is 0.250. The number of sulfonamides is 1. The number of hydrogen-bond donors (Lipinski definition) is 1. The van der Waals surface area contributed by atoms with Crippen molar-refractivity contribution in [1.29, 1.82) is 0 Å². The Morgan fingerprint density at radius 3 is 2.45 bits per heavy atom. The van der Waals surface area contributed by atoms with Gasteiger partial charge in [0.05, 0.1) is 22.7 Å². The molecule has 2 heterocycles. The molecular formula is C24H26N4O2S. The van der Waals surface area contributed by atoms with E-state index in [0.717, 1.165) is 27.7 Å². The molecule has 0 unspecified atom stereocenters. The van der Waals surface area contributed by atoms with E-state index in [2.05, 4.69) is 35.6 Å². The van der Waals surface area contributed by atoms with Crippen LogP contribution in [0, 0.1) is 6.92 Å². The summed E-state index contributed by atoms with van der Waals surface area (Å²) in [6.45, 7) is 8.56. The molecule has 2 aromatic heterocycles. The molecule has 31 heavy (non-hydrogen) atoms. The molecular weight excluding hydrogens is 408 g/mol. The van der Waals surface area contributed by atoms with Crippen molar-refractivity contribution in [3.8, 4) is 0 Å². The van der Waals surface area contributed by atoms with Crippen molar-refractivity contribution in [1.82, 2.24) is 14.8 Å². The van der Waals surface area contributed by atoms with Crippen LogP contribution >= 0.6 is 0 Å². The number of benzene rings is 2. The molecule has 0 bridgehead atoms. The maximum atomic E-state index is 13.0. The average molecular weight is 435 g/mol. The maximum absolute atomic E-state index is 13.0. The summed E-state index contributed by atoms with van der Waals surface area (Å²) in [7, 11) is -3.74. The molecule has 4 aromatic rings. The number of fused-ring (bicyclic) bond motifs is 1. The summed E-state index contributed by atoms with van der Waals surface area (Å²) >= 11 is 0. The van der Waals surface area contributed by atoms with Gasteiger partial charge in [0.15, 0.2) is 0 Å². The van der Waals surface area contributed by atoms with Gasteiger partial charge in [-0.3, -0.25) is 9.71 Å². The van der Waals surface area contributed by atoms with Crippen LogP contribution in [-0.4, -0.2) is 23.2 Å². The third kappa shape index (κ3) is 4.46. The zero-order valence-electron chi connectivity index (χ0n) is 18.1. The maximum Gasteiger partial charge on any atom is 0.263 e. The van der Waals surface area contributed by atoms with Gasteiger partial charge in [0.25, 0.3) is 10.0 Å². The van der Waals surface area contributed by atoms with E-state index in [1.165, 1.54) is 0 Å². The van der Waals surface area contributed by atoms with Gasteiger partial charge in [-0.2, -0.15) is 5.10 Å². The number of hydrogen-bond acceptors (Lipinski definition) is 4. The van der Waals surface area contributed by atoms with Crippen molar-refractivity contribution in [2.45, 2.75) is 44.6 Å². The lowest BCUT2D eigenvalue weighted by atomic mass is 9.87. The molecule has 0 aliphatic carbocycles. The van der Waals surface area contributed by atoms with Crippen molar-refractivity contribution in [3.05, 3.63) is 83.7 Å². The van der Waals surface area contributed by atoms with E-state index >= 15 is 0 Å². The highest BCUT2D eigenvalue weighted by molar-refractivity contribution is 7.92. The molecule has 7 heteroatoms. The summed E-state index contributed by atoms with van der Waals surface area (Å²) in [4.78, 5) is 4.62. The lowest BCUT2D eigenvalue weighted by molar-refractivity contribution is 0.587. The smallest absolute Gasteiger partial charge is 0.263 e. The first-order valence-electron chi connectivity index (χ1n) is 10.1. The lowest BCUT2D eigenvalue weighted by Gasteiger charge is -2.19. The van der Waals surface area contributed by atoms with Crippen LogP contribution < -0.4 is 4.72 Å². The van der Waals surface area contributed by atoms with Gasteiger partial charge in [-0.15, -0.1) is 0 Å². The van der Waals surface area contributed by atoms with E-state index < -0.39 is 10.0 Å². The molecule has 4 rings (SSSR count). The summed E-state index contributed by atoms with van der Waals surface area (Å²) in [5, 5.41) is 5.52. The van der Waals surface area contributed by atoms with E-state index in [9.17, 15) is 8.42 Å². The van der Waals surface area contributed by atoms with Crippen molar-refractivity contribution in [2.75, 3.05) is 4.72 Å². The van der Waals surface area contributed by atoms with Crippen LogP contribution in [0.15, 0.2) is 71.8 Å². The van der Waals surface area contributed by atoms with Crippen molar-refractivity contribution in [2.24, 2.45) is 0 Å². The van der Waals surface area contributed by atoms with Gasteiger partial charge in [0.1, 0.15) is 5.82 Å². The Balaban J connectivity index is 1.64. The van der Waals surface area contributed by atoms with Gasteiger partial charge in [-0.05, 0) is 47.7 Å². The molecule has 0 aliphatic heterocycles. The Kier molecular flexibility index (Phi) is 5.31. The number of rotatable bonds is 5. The minimum atomic E-state index is -3.74. The summed E-state index contributed by atoms with van der Waals surface area (Å²) in [5.41, 5.74) is 3.68. The SMILES string of the molecule is Cc1cc(NS(=O)(=O)c2ccc(C(C)(C)C)cc2)n(Cc2cccc3ncccc23)n1. The normalized spacial score (nSPS) is 12.3. The van der Waals surface area contributed by atoms with Crippen molar-refractivity contribution in [3.63, 3.8) is 0 Å².